The predicted octanol–water partition coefficient (Wildman–Crippen LogP) is 5.59. The largest absolute Gasteiger partial charge is 0.497 e. The summed E-state index contributed by atoms with van der Waals surface area (Å²) in [6.45, 7) is 1.78. The third kappa shape index (κ3) is 9.32. The molecule has 0 radical (unpaired) electrons. The van der Waals surface area contributed by atoms with Gasteiger partial charge in [0.15, 0.2) is 0 Å². The van der Waals surface area contributed by atoms with Gasteiger partial charge in [0.25, 0.3) is 10.0 Å². The molecule has 47 heavy (non-hydrogen) atoms. The highest BCUT2D eigenvalue weighted by atomic mass is 32.2. The SMILES string of the molecule is CCCCNC(=O)[C@H](Cc1ccccc1)N(Cc1cccc(OC)c1)C(=O)CN(c1ccc(F)cc1)S(=O)(=O)c1ccc(OC)cc1. The van der Waals surface area contributed by atoms with Crippen LogP contribution in [-0.2, 0) is 32.6 Å². The molecule has 0 fully saturated rings. The summed E-state index contributed by atoms with van der Waals surface area (Å²) >= 11 is 0. The minimum absolute atomic E-state index is 0.00538. The molecule has 4 aromatic carbocycles. The van der Waals surface area contributed by atoms with Gasteiger partial charge in [-0.3, -0.25) is 13.9 Å². The highest BCUT2D eigenvalue weighted by Crippen LogP contribution is 2.27. The number of carbonyl (C=O) groups is 2. The predicted molar refractivity (Wildman–Crippen MR) is 179 cm³/mol. The highest BCUT2D eigenvalue weighted by Gasteiger charge is 2.34. The molecular weight excluding hydrogens is 621 g/mol. The van der Waals surface area contributed by atoms with Gasteiger partial charge < -0.3 is 19.7 Å². The maximum atomic E-state index is 14.5. The lowest BCUT2D eigenvalue weighted by Crippen LogP contribution is -2.53. The van der Waals surface area contributed by atoms with Gasteiger partial charge >= 0.3 is 0 Å². The zero-order valence-corrected chi connectivity index (χ0v) is 27.6. The van der Waals surface area contributed by atoms with Crippen LogP contribution in [0.2, 0.25) is 0 Å². The Morgan fingerprint density at radius 3 is 2.13 bits per heavy atom. The van der Waals surface area contributed by atoms with Crippen LogP contribution in [0, 0.1) is 5.82 Å². The van der Waals surface area contributed by atoms with Crippen LogP contribution in [0.1, 0.15) is 30.9 Å². The maximum Gasteiger partial charge on any atom is 0.264 e. The summed E-state index contributed by atoms with van der Waals surface area (Å²) in [6, 6.07) is 26.1. The molecule has 2 amide bonds. The normalized spacial score (nSPS) is 11.7. The number of anilines is 1. The third-order valence-corrected chi connectivity index (χ3v) is 9.42. The number of nitrogens with zero attached hydrogens (tertiary/aromatic N) is 2. The standard InChI is InChI=1S/C36H40FN3O6S/c1-4-5-22-38-36(42)34(24-27-10-7-6-8-11-27)39(25-28-12-9-13-32(23-28)46-3)35(41)26-40(30-16-14-29(37)15-17-30)47(43,44)33-20-18-31(45-2)19-21-33/h6-21,23,34H,4-5,22,24-26H2,1-3H3,(H,38,42)/t34-/m0/s1. The highest BCUT2D eigenvalue weighted by molar-refractivity contribution is 7.92. The molecule has 0 aliphatic heterocycles. The molecule has 0 saturated carbocycles. The zero-order valence-electron chi connectivity index (χ0n) is 26.8. The second-order valence-corrected chi connectivity index (χ2v) is 12.7. The van der Waals surface area contributed by atoms with E-state index < -0.39 is 34.3 Å². The van der Waals surface area contributed by atoms with Crippen molar-refractivity contribution in [3.05, 3.63) is 120 Å². The van der Waals surface area contributed by atoms with Crippen LogP contribution in [0.25, 0.3) is 0 Å². The van der Waals surface area contributed by atoms with Gasteiger partial charge in [0.2, 0.25) is 11.8 Å². The molecule has 1 atom stereocenters. The average molecular weight is 662 g/mol. The lowest BCUT2D eigenvalue weighted by atomic mass is 10.0. The molecule has 11 heteroatoms. The molecule has 0 aromatic heterocycles. The van der Waals surface area contributed by atoms with Crippen LogP contribution >= 0.6 is 0 Å². The molecule has 0 heterocycles. The van der Waals surface area contributed by atoms with Gasteiger partial charge in [-0.15, -0.1) is 0 Å². The number of hydrogen-bond donors (Lipinski definition) is 1. The van der Waals surface area contributed by atoms with Crippen molar-refractivity contribution in [1.29, 1.82) is 0 Å². The molecular formula is C36H40FN3O6S. The first-order valence-electron chi connectivity index (χ1n) is 15.3. The number of amides is 2. The lowest BCUT2D eigenvalue weighted by Gasteiger charge is -2.34. The van der Waals surface area contributed by atoms with E-state index in [1.807, 2.05) is 43.3 Å². The van der Waals surface area contributed by atoms with Crippen molar-refractivity contribution in [3.8, 4) is 11.5 Å². The number of ether oxygens (including phenoxy) is 2. The molecule has 4 rings (SSSR count). The van der Waals surface area contributed by atoms with Crippen molar-refractivity contribution in [2.45, 2.75) is 43.7 Å². The summed E-state index contributed by atoms with van der Waals surface area (Å²) in [5.74, 6) is -0.522. The first-order valence-corrected chi connectivity index (χ1v) is 16.8. The van der Waals surface area contributed by atoms with Gasteiger partial charge in [-0.2, -0.15) is 0 Å². The number of methoxy groups -OCH3 is 2. The molecule has 1 N–H and O–H groups in total. The van der Waals surface area contributed by atoms with Crippen molar-refractivity contribution in [3.63, 3.8) is 0 Å². The van der Waals surface area contributed by atoms with Crippen LogP contribution in [0.15, 0.2) is 108 Å². The summed E-state index contributed by atoms with van der Waals surface area (Å²) in [5, 5.41) is 2.96. The third-order valence-electron chi connectivity index (χ3n) is 7.63. The number of sulfonamides is 1. The summed E-state index contributed by atoms with van der Waals surface area (Å²) in [6.07, 6.45) is 1.81. The number of benzene rings is 4. The van der Waals surface area contributed by atoms with Crippen molar-refractivity contribution in [1.82, 2.24) is 10.2 Å². The van der Waals surface area contributed by atoms with E-state index in [1.54, 1.807) is 18.2 Å². The van der Waals surface area contributed by atoms with E-state index in [1.165, 1.54) is 55.5 Å². The molecule has 0 aliphatic rings. The number of unbranched alkanes of at least 4 members (excludes halogenated alkanes) is 1. The van der Waals surface area contributed by atoms with Gasteiger partial charge in [0.05, 0.1) is 24.8 Å². The van der Waals surface area contributed by atoms with E-state index in [9.17, 15) is 22.4 Å². The summed E-state index contributed by atoms with van der Waals surface area (Å²) in [7, 11) is -1.34. The fraction of sp³-hybridized carbons (Fsp3) is 0.278. The van der Waals surface area contributed by atoms with Crippen molar-refractivity contribution < 1.29 is 31.9 Å². The van der Waals surface area contributed by atoms with E-state index in [0.29, 0.717) is 23.6 Å². The van der Waals surface area contributed by atoms with Gasteiger partial charge in [0.1, 0.15) is 29.9 Å². The lowest BCUT2D eigenvalue weighted by molar-refractivity contribution is -0.140. The van der Waals surface area contributed by atoms with Gasteiger partial charge in [-0.1, -0.05) is 55.8 Å². The van der Waals surface area contributed by atoms with Crippen LogP contribution in [0.4, 0.5) is 10.1 Å². The smallest absolute Gasteiger partial charge is 0.264 e. The molecule has 0 bridgehead atoms. The molecule has 9 nitrogen and oxygen atoms in total. The number of carbonyl (C=O) groups excluding carboxylic acids is 2. The monoisotopic (exact) mass is 661 g/mol. The number of rotatable bonds is 16. The number of halogens is 1. The Bertz CT molecular complexity index is 1720. The van der Waals surface area contributed by atoms with E-state index in [0.717, 1.165) is 34.8 Å². The fourth-order valence-electron chi connectivity index (χ4n) is 5.04. The van der Waals surface area contributed by atoms with E-state index in [2.05, 4.69) is 5.32 Å². The van der Waals surface area contributed by atoms with Gasteiger partial charge in [0, 0.05) is 19.5 Å². The zero-order chi connectivity index (χ0) is 33.8. The van der Waals surface area contributed by atoms with Gasteiger partial charge in [-0.05, 0) is 78.2 Å². The van der Waals surface area contributed by atoms with Gasteiger partial charge in [-0.25, -0.2) is 12.8 Å². The van der Waals surface area contributed by atoms with E-state index in [4.69, 9.17) is 9.47 Å². The van der Waals surface area contributed by atoms with Crippen molar-refractivity contribution >= 4 is 27.5 Å². The molecule has 0 aliphatic carbocycles. The average Bonchev–Trinajstić information content (AvgIpc) is 3.09. The Labute approximate surface area is 276 Å². The second-order valence-electron chi connectivity index (χ2n) is 10.9. The Morgan fingerprint density at radius 1 is 0.830 bits per heavy atom. The van der Waals surface area contributed by atoms with Crippen LogP contribution < -0.4 is 19.1 Å². The maximum absolute atomic E-state index is 14.5. The Hall–Kier alpha value is -4.90. The minimum atomic E-state index is -4.34. The number of hydrogen-bond acceptors (Lipinski definition) is 6. The fourth-order valence-corrected chi connectivity index (χ4v) is 6.45. The minimum Gasteiger partial charge on any atom is -0.497 e. The Balaban J connectivity index is 1.79. The van der Waals surface area contributed by atoms with Crippen LogP contribution in [0.5, 0.6) is 11.5 Å². The van der Waals surface area contributed by atoms with E-state index >= 15 is 0 Å². The van der Waals surface area contributed by atoms with Crippen LogP contribution in [-0.4, -0.2) is 58.5 Å². The first-order chi connectivity index (χ1) is 22.7. The second kappa shape index (κ2) is 16.6. The topological polar surface area (TPSA) is 105 Å². The molecule has 0 spiro atoms. The summed E-state index contributed by atoms with van der Waals surface area (Å²) < 4.78 is 53.7. The Kier molecular flexibility index (Phi) is 12.3. The quantitative estimate of drug-likeness (QED) is 0.157. The Morgan fingerprint density at radius 2 is 1.49 bits per heavy atom. The van der Waals surface area contributed by atoms with Crippen molar-refractivity contribution in [2.75, 3.05) is 31.6 Å². The molecule has 0 saturated heterocycles. The molecule has 4 aromatic rings. The number of nitrogens with one attached hydrogen (secondary N) is 1. The summed E-state index contributed by atoms with van der Waals surface area (Å²) in [5.41, 5.74) is 1.60. The molecule has 248 valence electrons. The van der Waals surface area contributed by atoms with Crippen LogP contribution in [0.3, 0.4) is 0 Å². The first kappa shape index (κ1) is 35.0. The van der Waals surface area contributed by atoms with Crippen molar-refractivity contribution in [2.24, 2.45) is 0 Å². The summed E-state index contributed by atoms with van der Waals surface area (Å²) in [4.78, 5) is 29.7. The van der Waals surface area contributed by atoms with E-state index in [-0.39, 0.29) is 29.5 Å². The molecule has 0 unspecified atom stereocenters.